The van der Waals surface area contributed by atoms with Crippen molar-refractivity contribution in [2.45, 2.75) is 13.0 Å². The highest BCUT2D eigenvalue weighted by Crippen LogP contribution is 2.27. The first-order valence-corrected chi connectivity index (χ1v) is 4.34. The lowest BCUT2D eigenvalue weighted by Crippen LogP contribution is -2.16. The van der Waals surface area contributed by atoms with E-state index in [0.29, 0.717) is 16.5 Å². The van der Waals surface area contributed by atoms with Crippen molar-refractivity contribution in [3.63, 3.8) is 0 Å². The SMILES string of the molecule is C[C@@H](CO)Oc1cc(N)ccc1Cl. The Morgan fingerprint density at radius 2 is 2.31 bits per heavy atom. The number of ether oxygens (including phenoxy) is 1. The molecule has 1 rings (SSSR count). The lowest BCUT2D eigenvalue weighted by molar-refractivity contribution is 0.130. The Kier molecular flexibility index (Phi) is 3.39. The zero-order chi connectivity index (χ0) is 9.84. The van der Waals surface area contributed by atoms with Gasteiger partial charge in [-0.05, 0) is 19.1 Å². The van der Waals surface area contributed by atoms with Gasteiger partial charge < -0.3 is 15.6 Å². The van der Waals surface area contributed by atoms with E-state index in [1.807, 2.05) is 0 Å². The van der Waals surface area contributed by atoms with Gasteiger partial charge in [-0.15, -0.1) is 0 Å². The van der Waals surface area contributed by atoms with Crippen LogP contribution < -0.4 is 10.5 Å². The van der Waals surface area contributed by atoms with Gasteiger partial charge in [-0.1, -0.05) is 11.6 Å². The van der Waals surface area contributed by atoms with Gasteiger partial charge in [0.05, 0.1) is 11.6 Å². The van der Waals surface area contributed by atoms with E-state index in [2.05, 4.69) is 0 Å². The molecule has 0 aromatic heterocycles. The van der Waals surface area contributed by atoms with E-state index < -0.39 is 0 Å². The van der Waals surface area contributed by atoms with Crippen molar-refractivity contribution in [1.29, 1.82) is 0 Å². The fraction of sp³-hybridized carbons (Fsp3) is 0.333. The van der Waals surface area contributed by atoms with Gasteiger partial charge in [0, 0.05) is 11.8 Å². The summed E-state index contributed by atoms with van der Waals surface area (Å²) < 4.78 is 5.31. The second kappa shape index (κ2) is 4.35. The molecule has 0 spiro atoms. The summed E-state index contributed by atoms with van der Waals surface area (Å²) in [5.74, 6) is 0.503. The van der Waals surface area contributed by atoms with Gasteiger partial charge in [-0.25, -0.2) is 0 Å². The first-order chi connectivity index (χ1) is 6.13. The third-order valence-corrected chi connectivity index (χ3v) is 1.85. The van der Waals surface area contributed by atoms with Crippen molar-refractivity contribution >= 4 is 17.3 Å². The summed E-state index contributed by atoms with van der Waals surface area (Å²) in [4.78, 5) is 0. The van der Waals surface area contributed by atoms with Crippen LogP contribution in [0.25, 0.3) is 0 Å². The van der Waals surface area contributed by atoms with E-state index in [0.717, 1.165) is 0 Å². The number of anilines is 1. The molecule has 0 fully saturated rings. The monoisotopic (exact) mass is 201 g/mol. The van der Waals surface area contributed by atoms with Crippen LogP contribution in [0.5, 0.6) is 5.75 Å². The van der Waals surface area contributed by atoms with Crippen molar-refractivity contribution in [2.75, 3.05) is 12.3 Å². The van der Waals surface area contributed by atoms with E-state index in [4.69, 9.17) is 27.2 Å². The van der Waals surface area contributed by atoms with Crippen LogP contribution in [0.3, 0.4) is 0 Å². The Morgan fingerprint density at radius 1 is 1.62 bits per heavy atom. The van der Waals surface area contributed by atoms with Crippen molar-refractivity contribution < 1.29 is 9.84 Å². The van der Waals surface area contributed by atoms with Gasteiger partial charge in [-0.2, -0.15) is 0 Å². The zero-order valence-corrected chi connectivity index (χ0v) is 8.08. The van der Waals surface area contributed by atoms with Crippen LogP contribution >= 0.6 is 11.6 Å². The molecular formula is C9H12ClNO2. The van der Waals surface area contributed by atoms with Gasteiger partial charge >= 0.3 is 0 Å². The lowest BCUT2D eigenvalue weighted by atomic mass is 10.3. The highest BCUT2D eigenvalue weighted by atomic mass is 35.5. The van der Waals surface area contributed by atoms with Gasteiger partial charge in [0.2, 0.25) is 0 Å². The minimum atomic E-state index is -0.278. The highest BCUT2D eigenvalue weighted by molar-refractivity contribution is 6.32. The molecule has 0 saturated carbocycles. The predicted octanol–water partition coefficient (Wildman–Crippen LogP) is 1.68. The van der Waals surface area contributed by atoms with Crippen LogP contribution in [0.1, 0.15) is 6.92 Å². The smallest absolute Gasteiger partial charge is 0.140 e. The molecular weight excluding hydrogens is 190 g/mol. The van der Waals surface area contributed by atoms with Crippen molar-refractivity contribution in [2.24, 2.45) is 0 Å². The fourth-order valence-electron chi connectivity index (χ4n) is 0.864. The highest BCUT2D eigenvalue weighted by Gasteiger charge is 2.06. The normalized spacial score (nSPS) is 12.5. The van der Waals surface area contributed by atoms with Crippen LogP contribution in [0.15, 0.2) is 18.2 Å². The number of benzene rings is 1. The Hall–Kier alpha value is -0.930. The number of rotatable bonds is 3. The standard InChI is InChI=1S/C9H12ClNO2/c1-6(5-12)13-9-4-7(11)2-3-8(9)10/h2-4,6,12H,5,11H2,1H3/t6-/m0/s1. The molecule has 1 aromatic carbocycles. The molecule has 4 heteroatoms. The number of nitrogen functional groups attached to an aromatic ring is 1. The molecule has 1 atom stereocenters. The van der Waals surface area contributed by atoms with E-state index in [-0.39, 0.29) is 12.7 Å². The van der Waals surface area contributed by atoms with Crippen LogP contribution in [-0.2, 0) is 0 Å². The molecule has 0 amide bonds. The summed E-state index contributed by atoms with van der Waals surface area (Å²) in [6.45, 7) is 1.70. The second-order valence-corrected chi connectivity index (χ2v) is 3.21. The summed E-state index contributed by atoms with van der Waals surface area (Å²) in [5, 5.41) is 9.25. The molecule has 3 nitrogen and oxygen atoms in total. The maximum Gasteiger partial charge on any atom is 0.140 e. The predicted molar refractivity (Wildman–Crippen MR) is 53.0 cm³/mol. The Morgan fingerprint density at radius 3 is 2.92 bits per heavy atom. The van der Waals surface area contributed by atoms with E-state index in [1.165, 1.54) is 0 Å². The van der Waals surface area contributed by atoms with E-state index >= 15 is 0 Å². The largest absolute Gasteiger partial charge is 0.487 e. The molecule has 0 saturated heterocycles. The molecule has 0 aliphatic heterocycles. The van der Waals surface area contributed by atoms with Gasteiger partial charge in [0.15, 0.2) is 0 Å². The topological polar surface area (TPSA) is 55.5 Å². The number of halogens is 1. The zero-order valence-electron chi connectivity index (χ0n) is 7.33. The first-order valence-electron chi connectivity index (χ1n) is 3.96. The first kappa shape index (κ1) is 10.2. The van der Waals surface area contributed by atoms with Crippen LogP contribution in [0.4, 0.5) is 5.69 Å². The Balaban J connectivity index is 2.81. The Bertz CT molecular complexity index is 291. The summed E-state index contributed by atoms with van der Waals surface area (Å²) in [6.07, 6.45) is -0.278. The summed E-state index contributed by atoms with van der Waals surface area (Å²) >= 11 is 5.84. The fourth-order valence-corrected chi connectivity index (χ4v) is 1.03. The van der Waals surface area contributed by atoms with Gasteiger partial charge in [-0.3, -0.25) is 0 Å². The number of hydrogen-bond donors (Lipinski definition) is 2. The van der Waals surface area contributed by atoms with Crippen LogP contribution in [0.2, 0.25) is 5.02 Å². The van der Waals surface area contributed by atoms with Gasteiger partial charge in [0.25, 0.3) is 0 Å². The third-order valence-electron chi connectivity index (χ3n) is 1.54. The lowest BCUT2D eigenvalue weighted by Gasteiger charge is -2.13. The van der Waals surface area contributed by atoms with Crippen molar-refractivity contribution in [3.8, 4) is 5.75 Å². The van der Waals surface area contributed by atoms with E-state index in [9.17, 15) is 0 Å². The average molecular weight is 202 g/mol. The molecule has 13 heavy (non-hydrogen) atoms. The number of aliphatic hydroxyl groups excluding tert-OH is 1. The average Bonchev–Trinajstić information content (AvgIpc) is 2.11. The van der Waals surface area contributed by atoms with E-state index in [1.54, 1.807) is 25.1 Å². The van der Waals surface area contributed by atoms with Crippen molar-refractivity contribution in [1.82, 2.24) is 0 Å². The molecule has 0 aliphatic rings. The molecule has 72 valence electrons. The molecule has 0 bridgehead atoms. The maximum atomic E-state index is 8.76. The second-order valence-electron chi connectivity index (χ2n) is 2.80. The van der Waals surface area contributed by atoms with Crippen LogP contribution in [0, 0.1) is 0 Å². The minimum Gasteiger partial charge on any atom is -0.487 e. The van der Waals surface area contributed by atoms with Gasteiger partial charge in [0.1, 0.15) is 11.9 Å². The number of hydrogen-bond acceptors (Lipinski definition) is 3. The molecule has 0 unspecified atom stereocenters. The summed E-state index contributed by atoms with van der Waals surface area (Å²) in [5.41, 5.74) is 6.13. The summed E-state index contributed by atoms with van der Waals surface area (Å²) in [6, 6.07) is 4.99. The molecule has 0 heterocycles. The molecule has 0 radical (unpaired) electrons. The molecule has 3 N–H and O–H groups in total. The summed E-state index contributed by atoms with van der Waals surface area (Å²) in [7, 11) is 0. The number of aliphatic hydroxyl groups is 1. The van der Waals surface area contributed by atoms with Crippen LogP contribution in [-0.4, -0.2) is 17.8 Å². The Labute approximate surface area is 82.1 Å². The number of nitrogens with two attached hydrogens (primary N) is 1. The molecule has 0 aliphatic carbocycles. The third kappa shape index (κ3) is 2.79. The maximum absolute atomic E-state index is 8.76. The minimum absolute atomic E-state index is 0.0505. The molecule has 1 aromatic rings. The van der Waals surface area contributed by atoms with Crippen molar-refractivity contribution in [3.05, 3.63) is 23.2 Å². The quantitative estimate of drug-likeness (QED) is 0.732.